The van der Waals surface area contributed by atoms with Crippen LogP contribution in [-0.2, 0) is 0 Å². The molecule has 64 valence electrons. The molecule has 0 radical (unpaired) electrons. The summed E-state index contributed by atoms with van der Waals surface area (Å²) in [6.45, 7) is 6.31. The minimum absolute atomic E-state index is 0.684. The fraction of sp³-hybridized carbons (Fsp3) is 1.00. The first kappa shape index (κ1) is 8.62. The molecule has 2 N–H and O–H groups in total. The molecule has 1 aliphatic rings. The van der Waals surface area contributed by atoms with Crippen molar-refractivity contribution < 1.29 is 0 Å². The summed E-state index contributed by atoms with van der Waals surface area (Å²) in [7, 11) is 0. The number of rotatable bonds is 4. The zero-order valence-electron chi connectivity index (χ0n) is 6.84. The standard InChI is InChI=1S/C7H16N4/c8-10-2-1-5-11-6-3-9-4-7-11/h8-9H,1-7H2. The Kier molecular flexibility index (Phi) is 4.08. The van der Waals surface area contributed by atoms with Gasteiger partial charge in [-0.1, -0.05) is 0 Å². The van der Waals surface area contributed by atoms with Gasteiger partial charge in [-0.25, -0.2) is 5.53 Å². The molecule has 4 nitrogen and oxygen atoms in total. The number of piperazine rings is 1. The molecular formula is C7H16N4. The van der Waals surface area contributed by atoms with Crippen LogP contribution in [0.2, 0.25) is 0 Å². The molecule has 0 bridgehead atoms. The summed E-state index contributed by atoms with van der Waals surface area (Å²) in [4.78, 5) is 2.42. The first-order valence-corrected chi connectivity index (χ1v) is 4.20. The van der Waals surface area contributed by atoms with Gasteiger partial charge in [0.15, 0.2) is 0 Å². The van der Waals surface area contributed by atoms with Crippen LogP contribution in [0.5, 0.6) is 0 Å². The first-order chi connectivity index (χ1) is 5.43. The van der Waals surface area contributed by atoms with Crippen LogP contribution in [0, 0.1) is 5.53 Å². The molecular weight excluding hydrogens is 140 g/mol. The maximum Gasteiger partial charge on any atom is 0.0608 e. The Labute approximate surface area is 67.5 Å². The highest BCUT2D eigenvalue weighted by atomic mass is 15.2. The molecule has 0 spiro atoms. The lowest BCUT2D eigenvalue weighted by Gasteiger charge is -2.26. The lowest BCUT2D eigenvalue weighted by molar-refractivity contribution is 0.239. The van der Waals surface area contributed by atoms with E-state index in [0.717, 1.165) is 39.1 Å². The Morgan fingerprint density at radius 1 is 1.36 bits per heavy atom. The second-order valence-electron chi connectivity index (χ2n) is 2.83. The fourth-order valence-corrected chi connectivity index (χ4v) is 1.31. The van der Waals surface area contributed by atoms with Crippen molar-refractivity contribution in [2.45, 2.75) is 6.42 Å². The molecule has 0 aromatic carbocycles. The van der Waals surface area contributed by atoms with Crippen molar-refractivity contribution >= 4 is 0 Å². The van der Waals surface area contributed by atoms with E-state index in [1.807, 2.05) is 0 Å². The minimum Gasteiger partial charge on any atom is -0.314 e. The van der Waals surface area contributed by atoms with E-state index in [-0.39, 0.29) is 0 Å². The van der Waals surface area contributed by atoms with E-state index in [1.54, 1.807) is 0 Å². The Hall–Kier alpha value is -0.480. The lowest BCUT2D eigenvalue weighted by atomic mass is 10.3. The van der Waals surface area contributed by atoms with Crippen molar-refractivity contribution in [1.82, 2.24) is 10.2 Å². The average molecular weight is 156 g/mol. The van der Waals surface area contributed by atoms with Crippen LogP contribution < -0.4 is 5.32 Å². The first-order valence-electron chi connectivity index (χ1n) is 4.20. The topological polar surface area (TPSA) is 51.5 Å². The number of nitrogens with one attached hydrogen (secondary N) is 2. The van der Waals surface area contributed by atoms with Gasteiger partial charge in [0.05, 0.1) is 6.54 Å². The van der Waals surface area contributed by atoms with Crippen LogP contribution in [0.4, 0.5) is 0 Å². The molecule has 0 saturated carbocycles. The van der Waals surface area contributed by atoms with Gasteiger partial charge in [0.1, 0.15) is 0 Å². The van der Waals surface area contributed by atoms with Crippen LogP contribution in [0.25, 0.3) is 0 Å². The van der Waals surface area contributed by atoms with Crippen molar-refractivity contribution in [3.8, 4) is 0 Å². The van der Waals surface area contributed by atoms with Crippen molar-refractivity contribution in [1.29, 1.82) is 5.53 Å². The smallest absolute Gasteiger partial charge is 0.0608 e. The second-order valence-corrected chi connectivity index (χ2v) is 2.83. The predicted molar refractivity (Wildman–Crippen MR) is 43.9 cm³/mol. The van der Waals surface area contributed by atoms with Crippen LogP contribution >= 0.6 is 0 Å². The third-order valence-electron chi connectivity index (χ3n) is 1.95. The maximum atomic E-state index is 6.61. The van der Waals surface area contributed by atoms with E-state index < -0.39 is 0 Å². The summed E-state index contributed by atoms with van der Waals surface area (Å²) >= 11 is 0. The fourth-order valence-electron chi connectivity index (χ4n) is 1.31. The molecule has 0 aromatic heterocycles. The van der Waals surface area contributed by atoms with Gasteiger partial charge in [0.2, 0.25) is 0 Å². The Morgan fingerprint density at radius 2 is 2.09 bits per heavy atom. The number of hydrogen-bond acceptors (Lipinski definition) is 4. The highest BCUT2D eigenvalue weighted by molar-refractivity contribution is 4.67. The zero-order valence-corrected chi connectivity index (χ0v) is 6.84. The number of nitrogens with zero attached hydrogens (tertiary/aromatic N) is 2. The molecule has 0 aromatic rings. The largest absolute Gasteiger partial charge is 0.314 e. The molecule has 0 unspecified atom stereocenters. The highest BCUT2D eigenvalue weighted by Crippen LogP contribution is 1.93. The van der Waals surface area contributed by atoms with Crippen LogP contribution in [0.1, 0.15) is 6.42 Å². The Morgan fingerprint density at radius 3 is 2.73 bits per heavy atom. The zero-order chi connectivity index (χ0) is 7.94. The summed E-state index contributed by atoms with van der Waals surface area (Å²) in [5.41, 5.74) is 6.61. The van der Waals surface area contributed by atoms with Gasteiger partial charge in [-0.2, -0.15) is 5.11 Å². The van der Waals surface area contributed by atoms with Gasteiger partial charge in [-0.15, -0.1) is 0 Å². The van der Waals surface area contributed by atoms with Gasteiger partial charge < -0.3 is 10.2 Å². The summed E-state index contributed by atoms with van der Waals surface area (Å²) in [6.07, 6.45) is 1.03. The average Bonchev–Trinajstić information content (AvgIpc) is 2.07. The van der Waals surface area contributed by atoms with E-state index >= 15 is 0 Å². The lowest BCUT2D eigenvalue weighted by Crippen LogP contribution is -2.43. The molecule has 1 aliphatic heterocycles. The number of hydrogen-bond donors (Lipinski definition) is 2. The van der Waals surface area contributed by atoms with Gasteiger partial charge >= 0.3 is 0 Å². The third-order valence-corrected chi connectivity index (χ3v) is 1.95. The molecule has 0 amide bonds. The van der Waals surface area contributed by atoms with Gasteiger partial charge in [-0.05, 0) is 6.42 Å². The third kappa shape index (κ3) is 3.43. The van der Waals surface area contributed by atoms with E-state index in [4.69, 9.17) is 5.53 Å². The molecule has 0 atom stereocenters. The van der Waals surface area contributed by atoms with Gasteiger partial charge in [0, 0.05) is 32.7 Å². The summed E-state index contributed by atoms with van der Waals surface area (Å²) < 4.78 is 0. The minimum atomic E-state index is 0.684. The Bertz CT molecular complexity index is 109. The maximum absolute atomic E-state index is 6.61. The van der Waals surface area contributed by atoms with Crippen molar-refractivity contribution in [3.63, 3.8) is 0 Å². The van der Waals surface area contributed by atoms with Crippen molar-refractivity contribution in [3.05, 3.63) is 0 Å². The normalized spacial score (nSPS) is 20.0. The van der Waals surface area contributed by atoms with E-state index in [9.17, 15) is 0 Å². The van der Waals surface area contributed by atoms with Crippen molar-refractivity contribution in [2.24, 2.45) is 5.11 Å². The molecule has 1 saturated heterocycles. The van der Waals surface area contributed by atoms with Crippen molar-refractivity contribution in [2.75, 3.05) is 39.3 Å². The molecule has 1 rings (SSSR count). The van der Waals surface area contributed by atoms with E-state index in [1.165, 1.54) is 0 Å². The molecule has 4 heteroatoms. The predicted octanol–water partition coefficient (Wildman–Crippen LogP) is 0.313. The molecule has 1 heterocycles. The van der Waals surface area contributed by atoms with Crippen LogP contribution in [0.15, 0.2) is 5.11 Å². The van der Waals surface area contributed by atoms with Gasteiger partial charge in [0.25, 0.3) is 0 Å². The van der Waals surface area contributed by atoms with E-state index in [2.05, 4.69) is 15.3 Å². The molecule has 0 aliphatic carbocycles. The Balaban J connectivity index is 2.00. The second kappa shape index (κ2) is 5.21. The summed E-state index contributed by atoms with van der Waals surface area (Å²) in [5.74, 6) is 0. The van der Waals surface area contributed by atoms with Crippen LogP contribution in [0.3, 0.4) is 0 Å². The van der Waals surface area contributed by atoms with Gasteiger partial charge in [-0.3, -0.25) is 0 Å². The van der Waals surface area contributed by atoms with E-state index in [0.29, 0.717) is 6.54 Å². The van der Waals surface area contributed by atoms with Crippen LogP contribution in [-0.4, -0.2) is 44.2 Å². The monoisotopic (exact) mass is 156 g/mol. The molecule has 11 heavy (non-hydrogen) atoms. The molecule has 1 fully saturated rings. The quantitative estimate of drug-likeness (QED) is 0.454. The summed E-state index contributed by atoms with van der Waals surface area (Å²) in [6, 6.07) is 0. The highest BCUT2D eigenvalue weighted by Gasteiger charge is 2.07. The SMILES string of the molecule is N=NCCCN1CCNCC1. The summed E-state index contributed by atoms with van der Waals surface area (Å²) in [5, 5.41) is 6.63.